The quantitative estimate of drug-likeness (QED) is 0.837. The normalized spacial score (nSPS) is 10.5. The van der Waals surface area contributed by atoms with Crippen molar-refractivity contribution in [3.8, 4) is 0 Å². The number of nitrogens with one attached hydrogen (secondary N) is 1. The lowest BCUT2D eigenvalue weighted by molar-refractivity contribution is 0.794. The second-order valence-corrected chi connectivity index (χ2v) is 4.36. The van der Waals surface area contributed by atoms with E-state index >= 15 is 0 Å². The first kappa shape index (κ1) is 13.0. The summed E-state index contributed by atoms with van der Waals surface area (Å²) in [5.74, 6) is 0.691. The predicted molar refractivity (Wildman–Crippen MR) is 71.7 cm³/mol. The third kappa shape index (κ3) is 2.54. The van der Waals surface area contributed by atoms with Gasteiger partial charge in [-0.05, 0) is 13.8 Å². The van der Waals surface area contributed by atoms with E-state index in [2.05, 4.69) is 15.3 Å². The van der Waals surface area contributed by atoms with Gasteiger partial charge in [-0.15, -0.1) is 0 Å². The van der Waals surface area contributed by atoms with E-state index in [1.807, 2.05) is 0 Å². The zero-order valence-corrected chi connectivity index (χ0v) is 11.3. The largest absolute Gasteiger partial charge is 0.295 e. The Kier molecular flexibility index (Phi) is 3.20. The summed E-state index contributed by atoms with van der Waals surface area (Å²) in [4.78, 5) is 31.8. The Hall–Kier alpha value is -2.44. The molecule has 0 atom stereocenters. The van der Waals surface area contributed by atoms with Crippen molar-refractivity contribution in [2.24, 2.45) is 14.1 Å². The van der Waals surface area contributed by atoms with Crippen LogP contribution in [0.5, 0.6) is 0 Å². The van der Waals surface area contributed by atoms with Crippen LogP contribution in [0.4, 0.5) is 11.9 Å². The number of aryl methyl sites for hydroxylation is 2. The molecule has 0 saturated carbocycles. The molecule has 19 heavy (non-hydrogen) atoms. The smallest absolute Gasteiger partial charge is 0.254 e. The van der Waals surface area contributed by atoms with E-state index < -0.39 is 0 Å². The van der Waals surface area contributed by atoms with Crippen LogP contribution in [0.15, 0.2) is 21.7 Å². The molecule has 7 nitrogen and oxygen atoms in total. The Balaban J connectivity index is 2.53. The van der Waals surface area contributed by atoms with Gasteiger partial charge in [0.1, 0.15) is 0 Å². The Morgan fingerprint density at radius 1 is 0.895 bits per heavy atom. The summed E-state index contributed by atoms with van der Waals surface area (Å²) in [5, 5.41) is 2.91. The summed E-state index contributed by atoms with van der Waals surface area (Å²) in [6.07, 6.45) is 0. The van der Waals surface area contributed by atoms with E-state index in [0.29, 0.717) is 23.3 Å². The third-order valence-corrected chi connectivity index (χ3v) is 2.75. The molecule has 0 aromatic carbocycles. The molecule has 0 amide bonds. The average molecular weight is 261 g/mol. The molecule has 0 spiro atoms. The Labute approximate surface area is 109 Å². The summed E-state index contributed by atoms with van der Waals surface area (Å²) in [6, 6.07) is 2.88. The van der Waals surface area contributed by atoms with E-state index in [4.69, 9.17) is 0 Å². The van der Waals surface area contributed by atoms with Crippen molar-refractivity contribution in [2.75, 3.05) is 5.32 Å². The molecule has 0 bridgehead atoms. The molecular weight excluding hydrogens is 246 g/mol. The van der Waals surface area contributed by atoms with E-state index in [1.54, 1.807) is 27.9 Å². The van der Waals surface area contributed by atoms with Gasteiger partial charge in [-0.3, -0.25) is 24.0 Å². The Morgan fingerprint density at radius 2 is 1.26 bits per heavy atom. The monoisotopic (exact) mass is 261 g/mol. The van der Waals surface area contributed by atoms with Crippen LogP contribution in [-0.2, 0) is 14.1 Å². The summed E-state index contributed by atoms with van der Waals surface area (Å²) in [7, 11) is 3.20. The number of rotatable bonds is 2. The van der Waals surface area contributed by atoms with Gasteiger partial charge < -0.3 is 0 Å². The highest BCUT2D eigenvalue weighted by molar-refractivity contribution is 5.44. The third-order valence-electron chi connectivity index (χ3n) is 2.75. The molecule has 100 valence electrons. The molecule has 7 heteroatoms. The molecule has 0 fully saturated rings. The fraction of sp³-hybridized carbons (Fsp3) is 0.333. The number of aromatic nitrogens is 4. The lowest BCUT2D eigenvalue weighted by Gasteiger charge is -2.12. The highest BCUT2D eigenvalue weighted by Crippen LogP contribution is 2.08. The molecule has 0 aliphatic heterocycles. The van der Waals surface area contributed by atoms with Crippen molar-refractivity contribution in [1.82, 2.24) is 19.1 Å². The van der Waals surface area contributed by atoms with Gasteiger partial charge >= 0.3 is 0 Å². The lowest BCUT2D eigenvalue weighted by Crippen LogP contribution is -2.25. The first-order valence-corrected chi connectivity index (χ1v) is 5.75. The maximum absolute atomic E-state index is 11.7. The molecule has 0 unspecified atom stereocenters. The van der Waals surface area contributed by atoms with Gasteiger partial charge in [-0.25, -0.2) is 9.97 Å². The number of hydrogen-bond donors (Lipinski definition) is 1. The summed E-state index contributed by atoms with van der Waals surface area (Å²) in [5.41, 5.74) is 0.854. The molecule has 1 N–H and O–H groups in total. The molecule has 0 aliphatic rings. The van der Waals surface area contributed by atoms with Gasteiger partial charge in [0, 0.05) is 37.6 Å². The number of hydrogen-bond acceptors (Lipinski definition) is 5. The van der Waals surface area contributed by atoms with Crippen molar-refractivity contribution >= 4 is 11.9 Å². The minimum Gasteiger partial charge on any atom is -0.295 e. The molecule has 0 saturated heterocycles. The Bertz CT molecular complexity index is 681. The Morgan fingerprint density at radius 3 is 1.63 bits per heavy atom. The van der Waals surface area contributed by atoms with Crippen molar-refractivity contribution in [3.05, 3.63) is 44.2 Å². The van der Waals surface area contributed by atoms with Crippen LogP contribution in [0.1, 0.15) is 11.4 Å². The number of nitrogens with zero attached hydrogens (tertiary/aromatic N) is 4. The first-order valence-electron chi connectivity index (χ1n) is 5.75. The highest BCUT2D eigenvalue weighted by Gasteiger charge is 2.08. The molecule has 2 heterocycles. The fourth-order valence-electron chi connectivity index (χ4n) is 1.63. The van der Waals surface area contributed by atoms with Crippen molar-refractivity contribution < 1.29 is 0 Å². The van der Waals surface area contributed by atoms with E-state index in [9.17, 15) is 9.59 Å². The fourth-order valence-corrected chi connectivity index (χ4v) is 1.63. The second kappa shape index (κ2) is 4.68. The molecular formula is C12H15N5O2. The molecule has 0 radical (unpaired) electrons. The van der Waals surface area contributed by atoms with Crippen LogP contribution in [-0.4, -0.2) is 19.1 Å². The molecule has 0 aliphatic carbocycles. The van der Waals surface area contributed by atoms with Gasteiger partial charge in [-0.2, -0.15) is 0 Å². The predicted octanol–water partition coefficient (Wildman–Crippen LogP) is 0.234. The standard InChI is InChI=1S/C12H15N5O2/c1-7-5-9(18)16(3)11(13-7)15-12-14-8(2)6-10(19)17(12)4/h5-6H,1-4H3,(H,13,14,15). The van der Waals surface area contributed by atoms with Gasteiger partial charge in [0.25, 0.3) is 11.1 Å². The summed E-state index contributed by atoms with van der Waals surface area (Å²) >= 11 is 0. The van der Waals surface area contributed by atoms with Crippen LogP contribution in [0.2, 0.25) is 0 Å². The molecule has 2 rings (SSSR count). The average Bonchev–Trinajstić information content (AvgIpc) is 2.31. The summed E-state index contributed by atoms with van der Waals surface area (Å²) in [6.45, 7) is 3.46. The second-order valence-electron chi connectivity index (χ2n) is 4.36. The highest BCUT2D eigenvalue weighted by atomic mass is 16.1. The molecule has 2 aromatic rings. The first-order chi connectivity index (χ1) is 8.88. The van der Waals surface area contributed by atoms with Gasteiger partial charge in [-0.1, -0.05) is 0 Å². The minimum absolute atomic E-state index is 0.173. The van der Waals surface area contributed by atoms with E-state index in [0.717, 1.165) is 0 Å². The van der Waals surface area contributed by atoms with Gasteiger partial charge in [0.15, 0.2) is 0 Å². The zero-order valence-electron chi connectivity index (χ0n) is 11.3. The topological polar surface area (TPSA) is 81.8 Å². The van der Waals surface area contributed by atoms with Crippen LogP contribution < -0.4 is 16.4 Å². The van der Waals surface area contributed by atoms with Crippen LogP contribution >= 0.6 is 0 Å². The minimum atomic E-state index is -0.173. The lowest BCUT2D eigenvalue weighted by atomic mass is 10.4. The van der Waals surface area contributed by atoms with Gasteiger partial charge in [0.2, 0.25) is 11.9 Å². The molecule has 2 aromatic heterocycles. The van der Waals surface area contributed by atoms with Gasteiger partial charge in [0.05, 0.1) is 0 Å². The van der Waals surface area contributed by atoms with Crippen molar-refractivity contribution in [3.63, 3.8) is 0 Å². The van der Waals surface area contributed by atoms with Crippen LogP contribution in [0.25, 0.3) is 0 Å². The maximum atomic E-state index is 11.7. The van der Waals surface area contributed by atoms with E-state index in [-0.39, 0.29) is 11.1 Å². The van der Waals surface area contributed by atoms with E-state index in [1.165, 1.54) is 21.3 Å². The van der Waals surface area contributed by atoms with Crippen molar-refractivity contribution in [1.29, 1.82) is 0 Å². The summed E-state index contributed by atoms with van der Waals surface area (Å²) < 4.78 is 2.73. The van der Waals surface area contributed by atoms with Crippen LogP contribution in [0.3, 0.4) is 0 Å². The SMILES string of the molecule is Cc1cc(=O)n(C)c(Nc2nc(C)cc(=O)n2C)n1. The maximum Gasteiger partial charge on any atom is 0.254 e. The van der Waals surface area contributed by atoms with Crippen molar-refractivity contribution in [2.45, 2.75) is 13.8 Å². The zero-order chi connectivity index (χ0) is 14.2. The number of anilines is 2. The van der Waals surface area contributed by atoms with Crippen LogP contribution in [0, 0.1) is 13.8 Å².